The van der Waals surface area contributed by atoms with Crippen molar-refractivity contribution in [2.24, 2.45) is 0 Å². The lowest BCUT2D eigenvalue weighted by molar-refractivity contribution is -0.122. The molecule has 0 aliphatic heterocycles. The first kappa shape index (κ1) is 23.1. The van der Waals surface area contributed by atoms with Crippen LogP contribution in [0.25, 0.3) is 0 Å². The summed E-state index contributed by atoms with van der Waals surface area (Å²) >= 11 is 0. The molecule has 0 radical (unpaired) electrons. The van der Waals surface area contributed by atoms with Gasteiger partial charge in [0, 0.05) is 24.4 Å². The summed E-state index contributed by atoms with van der Waals surface area (Å²) in [5, 5.41) is 5.31. The van der Waals surface area contributed by atoms with E-state index in [9.17, 15) is 9.59 Å². The highest BCUT2D eigenvalue weighted by molar-refractivity contribution is 6.04. The van der Waals surface area contributed by atoms with Gasteiger partial charge in [-0.3, -0.25) is 9.59 Å². The predicted molar refractivity (Wildman–Crippen MR) is 117 cm³/mol. The molecular formula is C23H30N2O5. The molecule has 0 bridgehead atoms. The van der Waals surface area contributed by atoms with E-state index in [4.69, 9.17) is 14.2 Å². The van der Waals surface area contributed by atoms with Crippen LogP contribution in [0.2, 0.25) is 0 Å². The molecule has 0 fully saturated rings. The second-order valence-electron chi connectivity index (χ2n) is 6.72. The monoisotopic (exact) mass is 414 g/mol. The fourth-order valence-corrected chi connectivity index (χ4v) is 2.73. The molecule has 30 heavy (non-hydrogen) atoms. The Hall–Kier alpha value is -3.22. The van der Waals surface area contributed by atoms with Crippen LogP contribution >= 0.6 is 0 Å². The van der Waals surface area contributed by atoms with E-state index in [-0.39, 0.29) is 18.4 Å². The Bertz CT molecular complexity index is 838. The van der Waals surface area contributed by atoms with Crippen molar-refractivity contribution in [3.05, 3.63) is 48.0 Å². The molecule has 2 rings (SSSR count). The van der Waals surface area contributed by atoms with Crippen molar-refractivity contribution in [1.82, 2.24) is 5.32 Å². The van der Waals surface area contributed by atoms with Gasteiger partial charge >= 0.3 is 0 Å². The second-order valence-corrected chi connectivity index (χ2v) is 6.72. The van der Waals surface area contributed by atoms with Gasteiger partial charge in [0.1, 0.15) is 5.75 Å². The Morgan fingerprint density at radius 3 is 2.53 bits per heavy atom. The molecule has 0 heterocycles. The van der Waals surface area contributed by atoms with Crippen molar-refractivity contribution in [2.45, 2.75) is 32.6 Å². The van der Waals surface area contributed by atoms with Gasteiger partial charge in [-0.1, -0.05) is 32.3 Å². The van der Waals surface area contributed by atoms with E-state index in [1.807, 2.05) is 0 Å². The van der Waals surface area contributed by atoms with E-state index in [1.54, 1.807) is 56.6 Å². The zero-order valence-electron chi connectivity index (χ0n) is 17.8. The lowest BCUT2D eigenvalue weighted by Crippen LogP contribution is -2.24. The molecule has 0 aliphatic rings. The molecule has 0 saturated heterocycles. The highest BCUT2D eigenvalue weighted by Crippen LogP contribution is 2.29. The van der Waals surface area contributed by atoms with E-state index in [0.717, 1.165) is 12.8 Å². The molecule has 0 atom stereocenters. The Kier molecular flexibility index (Phi) is 9.51. The van der Waals surface area contributed by atoms with Crippen LogP contribution in [-0.4, -0.2) is 39.2 Å². The molecular weight excluding hydrogens is 384 g/mol. The topological polar surface area (TPSA) is 85.9 Å². The van der Waals surface area contributed by atoms with E-state index in [2.05, 4.69) is 17.6 Å². The number of carbonyl (C=O) groups is 2. The summed E-state index contributed by atoms with van der Waals surface area (Å²) in [6.45, 7) is 2.69. The van der Waals surface area contributed by atoms with Crippen molar-refractivity contribution in [2.75, 3.05) is 32.7 Å². The number of hydrogen-bond acceptors (Lipinski definition) is 5. The van der Waals surface area contributed by atoms with E-state index >= 15 is 0 Å². The molecule has 0 saturated carbocycles. The molecule has 2 N–H and O–H groups in total. The Labute approximate surface area is 177 Å². The third kappa shape index (κ3) is 7.31. The van der Waals surface area contributed by atoms with Crippen LogP contribution in [0, 0.1) is 0 Å². The zero-order valence-corrected chi connectivity index (χ0v) is 17.8. The van der Waals surface area contributed by atoms with Crippen molar-refractivity contribution >= 4 is 17.5 Å². The molecule has 7 heteroatoms. The molecule has 0 aromatic heterocycles. The molecule has 0 aliphatic carbocycles. The third-order valence-electron chi connectivity index (χ3n) is 4.42. The van der Waals surface area contributed by atoms with Crippen LogP contribution in [0.1, 0.15) is 43.0 Å². The van der Waals surface area contributed by atoms with Crippen molar-refractivity contribution < 1.29 is 23.8 Å². The van der Waals surface area contributed by atoms with Gasteiger partial charge in [-0.2, -0.15) is 0 Å². The molecule has 162 valence electrons. The average molecular weight is 415 g/mol. The fourth-order valence-electron chi connectivity index (χ4n) is 2.73. The first-order valence-corrected chi connectivity index (χ1v) is 10.1. The van der Waals surface area contributed by atoms with Gasteiger partial charge in [-0.15, -0.1) is 0 Å². The van der Waals surface area contributed by atoms with Gasteiger partial charge in [0.2, 0.25) is 0 Å². The lowest BCUT2D eigenvalue weighted by Gasteiger charge is -2.13. The molecule has 0 unspecified atom stereocenters. The Morgan fingerprint density at radius 1 is 0.967 bits per heavy atom. The molecule has 0 spiro atoms. The summed E-state index contributed by atoms with van der Waals surface area (Å²) in [5.41, 5.74) is 1.01. The highest BCUT2D eigenvalue weighted by Gasteiger charge is 2.12. The minimum atomic E-state index is -0.286. The van der Waals surface area contributed by atoms with Crippen LogP contribution in [0.5, 0.6) is 17.2 Å². The summed E-state index contributed by atoms with van der Waals surface area (Å²) in [4.78, 5) is 23.9. The number of ether oxygens (including phenoxy) is 3. The van der Waals surface area contributed by atoms with Crippen molar-refractivity contribution in [1.29, 1.82) is 0 Å². The van der Waals surface area contributed by atoms with E-state index in [1.165, 1.54) is 12.8 Å². The first-order chi connectivity index (χ1) is 14.6. The van der Waals surface area contributed by atoms with Crippen molar-refractivity contribution in [3.8, 4) is 17.2 Å². The number of amides is 2. The van der Waals surface area contributed by atoms with Crippen molar-refractivity contribution in [3.63, 3.8) is 0 Å². The van der Waals surface area contributed by atoms with Crippen LogP contribution in [0.3, 0.4) is 0 Å². The number of rotatable bonds is 12. The van der Waals surface area contributed by atoms with Crippen LogP contribution in [0.15, 0.2) is 42.5 Å². The van der Waals surface area contributed by atoms with Gasteiger partial charge in [-0.25, -0.2) is 0 Å². The highest BCUT2D eigenvalue weighted by atomic mass is 16.5. The summed E-state index contributed by atoms with van der Waals surface area (Å²) < 4.78 is 16.6. The number of unbranched alkanes of at least 4 members (excludes halogenated alkanes) is 3. The molecule has 7 nitrogen and oxygen atoms in total. The van der Waals surface area contributed by atoms with Crippen LogP contribution in [-0.2, 0) is 4.79 Å². The number of methoxy groups -OCH3 is 1. The van der Waals surface area contributed by atoms with Gasteiger partial charge in [-0.05, 0) is 36.8 Å². The number of anilines is 1. The summed E-state index contributed by atoms with van der Waals surface area (Å²) in [6.07, 6.45) is 4.48. The quantitative estimate of drug-likeness (QED) is 0.512. The summed E-state index contributed by atoms with van der Waals surface area (Å²) in [5.74, 6) is 1.10. The maximum absolute atomic E-state index is 12.6. The first-order valence-electron chi connectivity index (χ1n) is 10.1. The maximum atomic E-state index is 12.6. The number of nitrogens with one attached hydrogen (secondary N) is 2. The minimum absolute atomic E-state index is 0.0923. The van der Waals surface area contributed by atoms with E-state index < -0.39 is 0 Å². The SMILES string of the molecule is CCCCCCOc1ccc(C(=O)Nc2cccc(OCC(=O)NC)c2)cc1OC. The third-order valence-corrected chi connectivity index (χ3v) is 4.42. The molecule has 2 amide bonds. The van der Waals surface area contributed by atoms with Crippen LogP contribution < -0.4 is 24.8 Å². The van der Waals surface area contributed by atoms with Gasteiger partial charge in [0.25, 0.3) is 11.8 Å². The molecule has 2 aromatic rings. The van der Waals surface area contributed by atoms with Gasteiger partial charge < -0.3 is 24.8 Å². The van der Waals surface area contributed by atoms with Crippen LogP contribution in [0.4, 0.5) is 5.69 Å². The smallest absolute Gasteiger partial charge is 0.257 e. The Balaban J connectivity index is 1.98. The summed E-state index contributed by atoms with van der Waals surface area (Å²) in [6, 6.07) is 12.0. The average Bonchev–Trinajstić information content (AvgIpc) is 2.77. The largest absolute Gasteiger partial charge is 0.493 e. The van der Waals surface area contributed by atoms with Gasteiger partial charge in [0.05, 0.1) is 13.7 Å². The summed E-state index contributed by atoms with van der Waals surface area (Å²) in [7, 11) is 3.09. The maximum Gasteiger partial charge on any atom is 0.257 e. The normalized spacial score (nSPS) is 10.2. The fraction of sp³-hybridized carbons (Fsp3) is 0.391. The minimum Gasteiger partial charge on any atom is -0.493 e. The lowest BCUT2D eigenvalue weighted by atomic mass is 10.1. The standard InChI is InChI=1S/C23H30N2O5/c1-4-5-6-7-13-29-20-12-11-17(14-21(20)28-3)23(27)25-18-9-8-10-19(15-18)30-16-22(26)24-2/h8-12,14-15H,4-7,13,16H2,1-3H3,(H,24,26)(H,25,27). The number of carbonyl (C=O) groups excluding carboxylic acids is 2. The number of hydrogen-bond donors (Lipinski definition) is 2. The number of likely N-dealkylation sites (N-methyl/N-ethyl adjacent to an activating group) is 1. The predicted octanol–water partition coefficient (Wildman–Crippen LogP) is 4.03. The van der Waals surface area contributed by atoms with Gasteiger partial charge in [0.15, 0.2) is 18.1 Å². The van der Waals surface area contributed by atoms with E-state index in [0.29, 0.717) is 35.1 Å². The molecule has 2 aromatic carbocycles. The number of benzene rings is 2. The Morgan fingerprint density at radius 2 is 1.80 bits per heavy atom. The second kappa shape index (κ2) is 12.4. The zero-order chi connectivity index (χ0) is 21.8.